The molecule has 3 nitrogen and oxygen atoms in total. The van der Waals surface area contributed by atoms with Crippen molar-refractivity contribution in [2.75, 3.05) is 17.3 Å². The first-order valence-electron chi connectivity index (χ1n) is 4.79. The van der Waals surface area contributed by atoms with Crippen LogP contribution in [0.4, 0.5) is 5.69 Å². The van der Waals surface area contributed by atoms with Crippen molar-refractivity contribution in [3.8, 4) is 6.07 Å². The highest BCUT2D eigenvalue weighted by molar-refractivity contribution is 7.84. The Balaban J connectivity index is 2.72. The third-order valence-electron chi connectivity index (χ3n) is 1.99. The first-order valence-corrected chi connectivity index (χ1v) is 6.89. The highest BCUT2D eigenvalue weighted by atomic mass is 35.5. The number of benzene rings is 1. The van der Waals surface area contributed by atoms with Crippen LogP contribution < -0.4 is 5.32 Å². The van der Waals surface area contributed by atoms with Crippen LogP contribution in [0.2, 0.25) is 5.02 Å². The van der Waals surface area contributed by atoms with E-state index in [1.807, 2.05) is 13.0 Å². The first-order chi connectivity index (χ1) is 7.52. The predicted octanol–water partition coefficient (Wildman–Crippen LogP) is 2.39. The van der Waals surface area contributed by atoms with Gasteiger partial charge < -0.3 is 5.32 Å². The number of hydrogen-bond donors (Lipinski definition) is 1. The van der Waals surface area contributed by atoms with Crippen LogP contribution in [-0.2, 0) is 10.8 Å². The molecule has 1 aromatic rings. The second-order valence-electron chi connectivity index (χ2n) is 3.59. The molecule has 0 amide bonds. The first kappa shape index (κ1) is 13.0. The lowest BCUT2D eigenvalue weighted by molar-refractivity contribution is 0.683. The number of nitrogens with one attached hydrogen (secondary N) is 1. The molecule has 2 atom stereocenters. The Morgan fingerprint density at radius 1 is 1.62 bits per heavy atom. The van der Waals surface area contributed by atoms with Crippen LogP contribution in [0, 0.1) is 11.3 Å². The minimum atomic E-state index is -0.828. The molecule has 0 aliphatic rings. The van der Waals surface area contributed by atoms with Crippen molar-refractivity contribution in [3.63, 3.8) is 0 Å². The largest absolute Gasteiger partial charge is 0.382 e. The van der Waals surface area contributed by atoms with Crippen molar-refractivity contribution in [3.05, 3.63) is 28.8 Å². The summed E-state index contributed by atoms with van der Waals surface area (Å²) in [5.41, 5.74) is 1.29. The van der Waals surface area contributed by atoms with Crippen LogP contribution in [0.1, 0.15) is 12.5 Å². The lowest BCUT2D eigenvalue weighted by Crippen LogP contribution is -2.22. The molecule has 0 aliphatic heterocycles. The van der Waals surface area contributed by atoms with E-state index in [0.29, 0.717) is 16.3 Å². The molecule has 1 aromatic carbocycles. The Labute approximate surface area is 103 Å². The third-order valence-corrected chi connectivity index (χ3v) is 3.27. The maximum atomic E-state index is 11.0. The number of anilines is 1. The summed E-state index contributed by atoms with van der Waals surface area (Å²) >= 11 is 5.90. The Kier molecular flexibility index (Phi) is 4.78. The smallest absolute Gasteiger partial charge is 0.101 e. The van der Waals surface area contributed by atoms with Gasteiger partial charge >= 0.3 is 0 Å². The molecule has 0 bridgehead atoms. The molecule has 0 aromatic heterocycles. The van der Waals surface area contributed by atoms with Gasteiger partial charge in [0.15, 0.2) is 0 Å². The summed E-state index contributed by atoms with van der Waals surface area (Å²) in [6.07, 6.45) is 1.67. The highest BCUT2D eigenvalue weighted by Gasteiger charge is 2.06. The Bertz CT molecular complexity index is 442. The van der Waals surface area contributed by atoms with Gasteiger partial charge in [0.1, 0.15) is 6.07 Å². The van der Waals surface area contributed by atoms with E-state index >= 15 is 0 Å². The van der Waals surface area contributed by atoms with E-state index in [2.05, 4.69) is 5.32 Å². The van der Waals surface area contributed by atoms with Gasteiger partial charge in [0.25, 0.3) is 0 Å². The van der Waals surface area contributed by atoms with Gasteiger partial charge in [-0.25, -0.2) is 0 Å². The molecule has 1 N–H and O–H groups in total. The quantitative estimate of drug-likeness (QED) is 0.900. The predicted molar refractivity (Wildman–Crippen MR) is 68.2 cm³/mol. The van der Waals surface area contributed by atoms with Crippen LogP contribution in [0.15, 0.2) is 18.2 Å². The number of halogens is 1. The third kappa shape index (κ3) is 3.84. The number of nitriles is 1. The van der Waals surface area contributed by atoms with Crippen LogP contribution in [0.3, 0.4) is 0 Å². The maximum Gasteiger partial charge on any atom is 0.101 e. The maximum absolute atomic E-state index is 11.0. The van der Waals surface area contributed by atoms with Gasteiger partial charge in [-0.3, -0.25) is 4.21 Å². The molecule has 2 unspecified atom stereocenters. The highest BCUT2D eigenvalue weighted by Crippen LogP contribution is 2.20. The van der Waals surface area contributed by atoms with E-state index in [0.717, 1.165) is 5.69 Å². The SMILES string of the molecule is CC(CS(C)=O)Nc1ccc(C#N)c(Cl)c1. The Morgan fingerprint density at radius 3 is 2.81 bits per heavy atom. The summed E-state index contributed by atoms with van der Waals surface area (Å²) in [6, 6.07) is 7.27. The molecule has 1 rings (SSSR count). The van der Waals surface area contributed by atoms with Gasteiger partial charge in [-0.1, -0.05) is 11.6 Å². The zero-order valence-corrected chi connectivity index (χ0v) is 10.7. The monoisotopic (exact) mass is 256 g/mol. The van der Waals surface area contributed by atoms with Crippen molar-refractivity contribution in [2.45, 2.75) is 13.0 Å². The van der Waals surface area contributed by atoms with Gasteiger partial charge in [-0.15, -0.1) is 0 Å². The summed E-state index contributed by atoms with van der Waals surface area (Å²) in [5, 5.41) is 12.3. The average Bonchev–Trinajstić information content (AvgIpc) is 2.16. The molecule has 0 radical (unpaired) electrons. The summed E-state index contributed by atoms with van der Waals surface area (Å²) < 4.78 is 11.0. The lowest BCUT2D eigenvalue weighted by atomic mass is 10.2. The van der Waals surface area contributed by atoms with Crippen LogP contribution in [-0.4, -0.2) is 22.3 Å². The van der Waals surface area contributed by atoms with Crippen LogP contribution >= 0.6 is 11.6 Å². The lowest BCUT2D eigenvalue weighted by Gasteiger charge is -2.14. The Morgan fingerprint density at radius 2 is 2.31 bits per heavy atom. The zero-order valence-electron chi connectivity index (χ0n) is 9.16. The fourth-order valence-corrected chi connectivity index (χ4v) is 2.38. The molecule has 86 valence electrons. The molecule has 0 fully saturated rings. The average molecular weight is 257 g/mol. The normalized spacial score (nSPS) is 13.9. The van der Waals surface area contributed by atoms with E-state index in [1.54, 1.807) is 24.5 Å². The second kappa shape index (κ2) is 5.88. The number of rotatable bonds is 4. The minimum Gasteiger partial charge on any atom is -0.382 e. The second-order valence-corrected chi connectivity index (χ2v) is 5.48. The van der Waals surface area contributed by atoms with Crippen molar-refractivity contribution >= 4 is 28.1 Å². The summed E-state index contributed by atoms with van der Waals surface area (Å²) in [6.45, 7) is 1.95. The minimum absolute atomic E-state index is 0.106. The van der Waals surface area contributed by atoms with E-state index in [9.17, 15) is 4.21 Å². The Hall–Kier alpha value is -1.05. The van der Waals surface area contributed by atoms with E-state index in [1.165, 1.54) is 0 Å². The van der Waals surface area contributed by atoms with Gasteiger partial charge in [0, 0.05) is 34.5 Å². The molecule has 0 spiro atoms. The molecular weight excluding hydrogens is 244 g/mol. The molecule has 16 heavy (non-hydrogen) atoms. The van der Waals surface area contributed by atoms with E-state index in [4.69, 9.17) is 16.9 Å². The topological polar surface area (TPSA) is 52.9 Å². The molecule has 0 aliphatic carbocycles. The van der Waals surface area contributed by atoms with Crippen molar-refractivity contribution in [1.29, 1.82) is 5.26 Å². The van der Waals surface area contributed by atoms with Gasteiger partial charge in [0.2, 0.25) is 0 Å². The summed E-state index contributed by atoms with van der Waals surface area (Å²) in [4.78, 5) is 0. The zero-order chi connectivity index (χ0) is 12.1. The van der Waals surface area contributed by atoms with Gasteiger partial charge in [-0.05, 0) is 25.1 Å². The van der Waals surface area contributed by atoms with Crippen molar-refractivity contribution in [2.24, 2.45) is 0 Å². The van der Waals surface area contributed by atoms with Crippen LogP contribution in [0.5, 0.6) is 0 Å². The summed E-state index contributed by atoms with van der Waals surface area (Å²) in [7, 11) is -0.828. The van der Waals surface area contributed by atoms with Gasteiger partial charge in [0.05, 0.1) is 10.6 Å². The molecular formula is C11H13ClN2OS. The van der Waals surface area contributed by atoms with Crippen LogP contribution in [0.25, 0.3) is 0 Å². The fourth-order valence-electron chi connectivity index (χ4n) is 1.37. The summed E-state index contributed by atoms with van der Waals surface area (Å²) in [5.74, 6) is 0.581. The van der Waals surface area contributed by atoms with Gasteiger partial charge in [-0.2, -0.15) is 5.26 Å². The number of nitrogens with zero attached hydrogens (tertiary/aromatic N) is 1. The standard InChI is InChI=1S/C11H13ClN2OS/c1-8(7-16(2)15)14-10-4-3-9(6-13)11(12)5-10/h3-5,8,14H,7H2,1-2H3. The van der Waals surface area contributed by atoms with E-state index < -0.39 is 10.8 Å². The fraction of sp³-hybridized carbons (Fsp3) is 0.364. The molecule has 0 saturated carbocycles. The van der Waals surface area contributed by atoms with Crippen molar-refractivity contribution in [1.82, 2.24) is 0 Å². The van der Waals surface area contributed by atoms with Crippen molar-refractivity contribution < 1.29 is 4.21 Å². The number of hydrogen-bond acceptors (Lipinski definition) is 3. The molecule has 0 heterocycles. The molecule has 0 saturated heterocycles. The molecule has 5 heteroatoms. The van der Waals surface area contributed by atoms with E-state index in [-0.39, 0.29) is 6.04 Å².